The normalized spacial score (nSPS) is 11.3. The molecule has 1 aromatic carbocycles. The Kier molecular flexibility index (Phi) is 3.34. The van der Waals surface area contributed by atoms with Gasteiger partial charge in [0.25, 0.3) is 0 Å². The Morgan fingerprint density at radius 2 is 1.87 bits per heavy atom. The SMILES string of the molecule is CN(C)c1cccc(OC(F)(F)F)c1Cl. The molecule has 0 unspecified atom stereocenters. The summed E-state index contributed by atoms with van der Waals surface area (Å²) in [6, 6.07) is 4.22. The Labute approximate surface area is 90.2 Å². The standard InChI is InChI=1S/C9H9ClF3NO/c1-14(2)6-4-3-5-7(8(6)10)15-9(11,12)13/h3-5H,1-2H3. The average molecular weight is 240 g/mol. The molecular formula is C9H9ClF3NO. The summed E-state index contributed by atoms with van der Waals surface area (Å²) in [6.07, 6.45) is -4.73. The van der Waals surface area contributed by atoms with Gasteiger partial charge in [0, 0.05) is 14.1 Å². The van der Waals surface area contributed by atoms with E-state index in [0.29, 0.717) is 5.69 Å². The molecule has 0 radical (unpaired) electrons. The molecular weight excluding hydrogens is 231 g/mol. The van der Waals surface area contributed by atoms with Crippen LogP contribution in [0.5, 0.6) is 5.75 Å². The van der Waals surface area contributed by atoms with Crippen LogP contribution in [-0.2, 0) is 0 Å². The molecule has 0 saturated carbocycles. The van der Waals surface area contributed by atoms with Crippen LogP contribution in [0.3, 0.4) is 0 Å². The van der Waals surface area contributed by atoms with Crippen molar-refractivity contribution in [3.8, 4) is 5.75 Å². The first-order chi connectivity index (χ1) is 6.81. The Hall–Kier alpha value is -1.10. The quantitative estimate of drug-likeness (QED) is 0.785. The number of alkyl halides is 3. The predicted molar refractivity (Wildman–Crippen MR) is 52.5 cm³/mol. The van der Waals surface area contributed by atoms with E-state index >= 15 is 0 Å². The van der Waals surface area contributed by atoms with Crippen molar-refractivity contribution in [2.45, 2.75) is 6.36 Å². The molecule has 2 nitrogen and oxygen atoms in total. The highest BCUT2D eigenvalue weighted by molar-refractivity contribution is 6.34. The number of hydrogen-bond acceptors (Lipinski definition) is 2. The topological polar surface area (TPSA) is 12.5 Å². The summed E-state index contributed by atoms with van der Waals surface area (Å²) in [5, 5.41) is -0.0557. The van der Waals surface area contributed by atoms with Crippen LogP contribution < -0.4 is 9.64 Å². The van der Waals surface area contributed by atoms with Gasteiger partial charge in [-0.25, -0.2) is 0 Å². The van der Waals surface area contributed by atoms with Crippen LogP contribution >= 0.6 is 11.6 Å². The molecule has 6 heteroatoms. The predicted octanol–water partition coefficient (Wildman–Crippen LogP) is 3.30. The van der Waals surface area contributed by atoms with E-state index in [4.69, 9.17) is 11.6 Å². The van der Waals surface area contributed by atoms with Crippen molar-refractivity contribution in [3.05, 3.63) is 23.2 Å². The van der Waals surface area contributed by atoms with E-state index in [1.165, 1.54) is 12.1 Å². The first-order valence-corrected chi connectivity index (χ1v) is 4.40. The molecule has 0 saturated heterocycles. The Morgan fingerprint density at radius 3 is 2.33 bits per heavy atom. The van der Waals surface area contributed by atoms with Crippen LogP contribution in [-0.4, -0.2) is 20.5 Å². The summed E-state index contributed by atoms with van der Waals surface area (Å²) in [7, 11) is 3.36. The van der Waals surface area contributed by atoms with Crippen LogP contribution in [0.15, 0.2) is 18.2 Å². The van der Waals surface area contributed by atoms with Gasteiger partial charge in [-0.3, -0.25) is 0 Å². The molecule has 1 aromatic rings. The minimum atomic E-state index is -4.73. The fourth-order valence-electron chi connectivity index (χ4n) is 1.05. The van der Waals surface area contributed by atoms with Crippen molar-refractivity contribution in [2.75, 3.05) is 19.0 Å². The third-order valence-electron chi connectivity index (χ3n) is 1.65. The molecule has 0 N–H and O–H groups in total. The van der Waals surface area contributed by atoms with Gasteiger partial charge in [-0.2, -0.15) is 0 Å². The zero-order chi connectivity index (χ0) is 11.6. The van der Waals surface area contributed by atoms with Gasteiger partial charge in [0.2, 0.25) is 0 Å². The fourth-order valence-corrected chi connectivity index (χ4v) is 1.38. The maximum absolute atomic E-state index is 12.0. The lowest BCUT2D eigenvalue weighted by Crippen LogP contribution is -2.18. The van der Waals surface area contributed by atoms with Gasteiger partial charge in [0.1, 0.15) is 10.8 Å². The van der Waals surface area contributed by atoms with Gasteiger partial charge in [0.05, 0.1) is 5.69 Å². The minimum absolute atomic E-state index is 0.0557. The number of halogens is 4. The molecule has 1 rings (SSSR count). The van der Waals surface area contributed by atoms with E-state index in [-0.39, 0.29) is 5.02 Å². The van der Waals surface area contributed by atoms with Crippen molar-refractivity contribution < 1.29 is 17.9 Å². The monoisotopic (exact) mass is 239 g/mol. The lowest BCUT2D eigenvalue weighted by Gasteiger charge is -2.17. The van der Waals surface area contributed by atoms with Crippen LogP contribution in [0.4, 0.5) is 18.9 Å². The number of rotatable bonds is 2. The number of ether oxygens (including phenoxy) is 1. The first-order valence-electron chi connectivity index (χ1n) is 4.03. The van der Waals surface area contributed by atoms with E-state index < -0.39 is 12.1 Å². The summed E-state index contributed by atoms with van der Waals surface area (Å²) >= 11 is 5.74. The third-order valence-corrected chi connectivity index (χ3v) is 2.03. The number of nitrogens with zero attached hydrogens (tertiary/aromatic N) is 1. The molecule has 0 spiro atoms. The number of benzene rings is 1. The zero-order valence-corrected chi connectivity index (χ0v) is 8.86. The molecule has 0 aromatic heterocycles. The van der Waals surface area contributed by atoms with E-state index in [2.05, 4.69) is 4.74 Å². The molecule has 0 aliphatic rings. The summed E-state index contributed by atoms with van der Waals surface area (Å²) in [6.45, 7) is 0. The second-order valence-corrected chi connectivity index (χ2v) is 3.41. The zero-order valence-electron chi connectivity index (χ0n) is 8.10. The van der Waals surface area contributed by atoms with Crippen molar-refractivity contribution in [1.29, 1.82) is 0 Å². The molecule has 84 valence electrons. The van der Waals surface area contributed by atoms with Crippen LogP contribution in [0.1, 0.15) is 0 Å². The highest BCUT2D eigenvalue weighted by Gasteiger charge is 2.32. The molecule has 0 heterocycles. The van der Waals surface area contributed by atoms with Crippen molar-refractivity contribution >= 4 is 17.3 Å². The highest BCUT2D eigenvalue weighted by Crippen LogP contribution is 2.36. The third kappa shape index (κ3) is 3.20. The molecule has 0 fully saturated rings. The van der Waals surface area contributed by atoms with E-state index in [1.54, 1.807) is 25.1 Å². The Morgan fingerprint density at radius 1 is 1.27 bits per heavy atom. The largest absolute Gasteiger partial charge is 0.573 e. The maximum Gasteiger partial charge on any atom is 0.573 e. The van der Waals surface area contributed by atoms with Gasteiger partial charge in [-0.05, 0) is 12.1 Å². The van der Waals surface area contributed by atoms with Crippen LogP contribution in [0.2, 0.25) is 5.02 Å². The summed E-state index contributed by atoms with van der Waals surface area (Å²) < 4.78 is 39.6. The molecule has 0 aliphatic carbocycles. The second-order valence-electron chi connectivity index (χ2n) is 3.03. The summed E-state index contributed by atoms with van der Waals surface area (Å²) in [5.41, 5.74) is 0.471. The Bertz CT molecular complexity index is 352. The van der Waals surface area contributed by atoms with E-state index in [9.17, 15) is 13.2 Å². The lowest BCUT2D eigenvalue weighted by atomic mass is 10.3. The van der Waals surface area contributed by atoms with E-state index in [0.717, 1.165) is 0 Å². The number of anilines is 1. The molecule has 0 atom stereocenters. The van der Waals surface area contributed by atoms with Gasteiger partial charge >= 0.3 is 6.36 Å². The van der Waals surface area contributed by atoms with Gasteiger partial charge < -0.3 is 9.64 Å². The van der Waals surface area contributed by atoms with Crippen LogP contribution in [0.25, 0.3) is 0 Å². The Balaban J connectivity index is 3.05. The fraction of sp³-hybridized carbons (Fsp3) is 0.333. The second kappa shape index (κ2) is 4.18. The highest BCUT2D eigenvalue weighted by atomic mass is 35.5. The van der Waals surface area contributed by atoms with Crippen molar-refractivity contribution in [1.82, 2.24) is 0 Å². The van der Waals surface area contributed by atoms with Crippen molar-refractivity contribution in [3.63, 3.8) is 0 Å². The molecule has 15 heavy (non-hydrogen) atoms. The average Bonchev–Trinajstić information content (AvgIpc) is 2.05. The van der Waals surface area contributed by atoms with Crippen molar-refractivity contribution in [2.24, 2.45) is 0 Å². The van der Waals surface area contributed by atoms with Gasteiger partial charge in [-0.1, -0.05) is 17.7 Å². The molecule has 0 aliphatic heterocycles. The first kappa shape index (κ1) is 12.0. The summed E-state index contributed by atoms with van der Waals surface area (Å²) in [5.74, 6) is -0.393. The maximum atomic E-state index is 12.0. The minimum Gasteiger partial charge on any atom is -0.404 e. The van der Waals surface area contributed by atoms with Crippen LogP contribution in [0, 0.1) is 0 Å². The number of hydrogen-bond donors (Lipinski definition) is 0. The van der Waals surface area contributed by atoms with E-state index in [1.807, 2.05) is 0 Å². The lowest BCUT2D eigenvalue weighted by molar-refractivity contribution is -0.274. The smallest absolute Gasteiger partial charge is 0.404 e. The van der Waals surface area contributed by atoms with Gasteiger partial charge in [-0.15, -0.1) is 13.2 Å². The molecule has 0 amide bonds. The van der Waals surface area contributed by atoms with Gasteiger partial charge in [0.15, 0.2) is 0 Å². The molecule has 0 bridgehead atoms. The summed E-state index contributed by atoms with van der Waals surface area (Å²) in [4.78, 5) is 1.60.